The van der Waals surface area contributed by atoms with E-state index in [0.717, 1.165) is 12.0 Å². The summed E-state index contributed by atoms with van der Waals surface area (Å²) < 4.78 is 0. The molecule has 0 unspecified atom stereocenters. The number of amides is 2. The number of urea groups is 1. The van der Waals surface area contributed by atoms with E-state index < -0.39 is 0 Å². The lowest BCUT2D eigenvalue weighted by Gasteiger charge is -2.28. The van der Waals surface area contributed by atoms with Crippen LogP contribution >= 0.6 is 11.3 Å². The van der Waals surface area contributed by atoms with Crippen LogP contribution in [0.5, 0.6) is 0 Å². The number of hydrogen-bond acceptors (Lipinski definition) is 4. The second-order valence-corrected chi connectivity index (χ2v) is 5.38. The minimum atomic E-state index is -0.139. The summed E-state index contributed by atoms with van der Waals surface area (Å²) in [7, 11) is 0. The van der Waals surface area contributed by atoms with Crippen LogP contribution in [0.25, 0.3) is 0 Å². The van der Waals surface area contributed by atoms with E-state index in [1.165, 1.54) is 11.3 Å². The molecule has 1 aromatic heterocycles. The first-order valence-electron chi connectivity index (χ1n) is 6.58. The Morgan fingerprint density at radius 3 is 2.75 bits per heavy atom. The lowest BCUT2D eigenvalue weighted by Crippen LogP contribution is -2.40. The van der Waals surface area contributed by atoms with Crippen molar-refractivity contribution in [1.29, 1.82) is 0 Å². The number of aromatic nitrogens is 2. The topological polar surface area (TPSA) is 58.1 Å². The van der Waals surface area contributed by atoms with Crippen molar-refractivity contribution in [2.24, 2.45) is 0 Å². The van der Waals surface area contributed by atoms with Gasteiger partial charge in [0.1, 0.15) is 5.51 Å². The lowest BCUT2D eigenvalue weighted by atomic mass is 10.1. The summed E-state index contributed by atoms with van der Waals surface area (Å²) >= 11 is 1.31. The molecule has 0 aliphatic rings. The number of anilines is 1. The van der Waals surface area contributed by atoms with Crippen LogP contribution in [0.4, 0.5) is 9.93 Å². The van der Waals surface area contributed by atoms with E-state index in [4.69, 9.17) is 0 Å². The van der Waals surface area contributed by atoms with Crippen LogP contribution in [0, 0.1) is 0 Å². The monoisotopic (exact) mass is 290 g/mol. The fraction of sp³-hybridized carbons (Fsp3) is 0.357. The summed E-state index contributed by atoms with van der Waals surface area (Å²) in [6.07, 6.45) is 0.899. The molecule has 1 N–H and O–H groups in total. The molecule has 0 saturated heterocycles. The quantitative estimate of drug-likeness (QED) is 0.918. The molecular weight excluding hydrogens is 272 g/mol. The number of carbonyl (C=O) groups is 1. The number of hydrogen-bond donors (Lipinski definition) is 1. The molecule has 2 rings (SSSR count). The third kappa shape index (κ3) is 3.77. The Morgan fingerprint density at radius 2 is 2.15 bits per heavy atom. The van der Waals surface area contributed by atoms with Crippen LogP contribution in [0.15, 0.2) is 35.8 Å². The molecule has 0 radical (unpaired) electrons. The molecule has 2 aromatic rings. The Balaban J connectivity index is 2.09. The Bertz CT molecular complexity index is 529. The molecule has 0 saturated carbocycles. The van der Waals surface area contributed by atoms with E-state index in [9.17, 15) is 4.79 Å². The summed E-state index contributed by atoms with van der Waals surface area (Å²) in [6, 6.07) is 9.99. The van der Waals surface area contributed by atoms with E-state index in [0.29, 0.717) is 11.7 Å². The van der Waals surface area contributed by atoms with E-state index in [-0.39, 0.29) is 12.1 Å². The largest absolute Gasteiger partial charge is 0.324 e. The first-order chi connectivity index (χ1) is 9.70. The highest BCUT2D eigenvalue weighted by molar-refractivity contribution is 7.13. The zero-order chi connectivity index (χ0) is 14.4. The van der Waals surface area contributed by atoms with Crippen molar-refractivity contribution in [2.45, 2.75) is 32.9 Å². The predicted octanol–water partition coefficient (Wildman–Crippen LogP) is 3.37. The third-order valence-electron chi connectivity index (χ3n) is 3.15. The maximum absolute atomic E-state index is 12.4. The van der Waals surface area contributed by atoms with Crippen molar-refractivity contribution in [1.82, 2.24) is 15.1 Å². The van der Waals surface area contributed by atoms with Gasteiger partial charge in [-0.3, -0.25) is 5.32 Å². The molecule has 1 aromatic carbocycles. The first kappa shape index (κ1) is 14.5. The molecule has 0 aliphatic heterocycles. The van der Waals surface area contributed by atoms with Gasteiger partial charge in [-0.05, 0) is 18.9 Å². The highest BCUT2D eigenvalue weighted by Crippen LogP contribution is 2.14. The van der Waals surface area contributed by atoms with Crippen molar-refractivity contribution >= 4 is 22.5 Å². The molecular formula is C14H18N4OS. The standard InChI is InChI=1S/C14H18N4OS/c1-3-11(2)18(9-12-7-5-4-6-8-12)14(19)16-13-17-15-10-20-13/h4-8,10-11H,3,9H2,1-2H3,(H,16,17,19)/t11-/m0/s1. The zero-order valence-corrected chi connectivity index (χ0v) is 12.4. The number of benzene rings is 1. The Kier molecular flexibility index (Phi) is 5.06. The summed E-state index contributed by atoms with van der Waals surface area (Å²) in [5.41, 5.74) is 2.71. The minimum absolute atomic E-state index is 0.139. The molecule has 0 fully saturated rings. The smallest absolute Gasteiger partial charge is 0.317 e. The van der Waals surface area contributed by atoms with Gasteiger partial charge in [-0.25, -0.2) is 4.79 Å². The molecule has 20 heavy (non-hydrogen) atoms. The van der Waals surface area contributed by atoms with Gasteiger partial charge in [0.15, 0.2) is 0 Å². The first-order valence-corrected chi connectivity index (χ1v) is 7.46. The van der Waals surface area contributed by atoms with Gasteiger partial charge in [0, 0.05) is 12.6 Å². The van der Waals surface area contributed by atoms with E-state index >= 15 is 0 Å². The van der Waals surface area contributed by atoms with Gasteiger partial charge in [0.05, 0.1) is 0 Å². The van der Waals surface area contributed by atoms with Gasteiger partial charge in [-0.15, -0.1) is 10.2 Å². The maximum atomic E-state index is 12.4. The molecule has 5 nitrogen and oxygen atoms in total. The number of nitrogens with one attached hydrogen (secondary N) is 1. The molecule has 1 heterocycles. The highest BCUT2D eigenvalue weighted by atomic mass is 32.1. The lowest BCUT2D eigenvalue weighted by molar-refractivity contribution is 0.187. The minimum Gasteiger partial charge on any atom is -0.317 e. The summed E-state index contributed by atoms with van der Waals surface area (Å²) in [5.74, 6) is 0. The van der Waals surface area contributed by atoms with E-state index in [2.05, 4.69) is 22.4 Å². The fourth-order valence-corrected chi connectivity index (χ4v) is 2.25. The summed E-state index contributed by atoms with van der Waals surface area (Å²) in [4.78, 5) is 14.2. The summed E-state index contributed by atoms with van der Waals surface area (Å²) in [5, 5.41) is 10.9. The van der Waals surface area contributed by atoms with Gasteiger partial charge in [-0.1, -0.05) is 48.6 Å². The zero-order valence-electron chi connectivity index (χ0n) is 11.6. The Labute approximate surface area is 122 Å². The van der Waals surface area contributed by atoms with Gasteiger partial charge < -0.3 is 4.90 Å². The molecule has 106 valence electrons. The van der Waals surface area contributed by atoms with Crippen molar-refractivity contribution in [3.8, 4) is 0 Å². The molecule has 2 amide bonds. The number of rotatable bonds is 5. The summed E-state index contributed by atoms with van der Waals surface area (Å²) in [6.45, 7) is 4.70. The second-order valence-electron chi connectivity index (χ2n) is 4.54. The maximum Gasteiger partial charge on any atom is 0.324 e. The van der Waals surface area contributed by atoms with Gasteiger partial charge >= 0.3 is 6.03 Å². The van der Waals surface area contributed by atoms with Crippen LogP contribution in [0.3, 0.4) is 0 Å². The Hall–Kier alpha value is -1.95. The predicted molar refractivity (Wildman–Crippen MR) is 80.7 cm³/mol. The molecule has 0 bridgehead atoms. The van der Waals surface area contributed by atoms with Crippen molar-refractivity contribution < 1.29 is 4.79 Å². The van der Waals surface area contributed by atoms with Crippen molar-refractivity contribution in [3.63, 3.8) is 0 Å². The number of carbonyl (C=O) groups excluding carboxylic acids is 1. The van der Waals surface area contributed by atoms with Gasteiger partial charge in [-0.2, -0.15) is 0 Å². The van der Waals surface area contributed by atoms with E-state index in [1.54, 1.807) is 5.51 Å². The number of nitrogens with zero attached hydrogens (tertiary/aromatic N) is 3. The van der Waals surface area contributed by atoms with Crippen LogP contribution in [0.1, 0.15) is 25.8 Å². The fourth-order valence-electron chi connectivity index (χ4n) is 1.82. The van der Waals surface area contributed by atoms with Gasteiger partial charge in [0.2, 0.25) is 5.13 Å². The third-order valence-corrected chi connectivity index (χ3v) is 3.76. The normalized spacial score (nSPS) is 11.9. The molecule has 1 atom stereocenters. The van der Waals surface area contributed by atoms with Crippen LogP contribution < -0.4 is 5.32 Å². The Morgan fingerprint density at radius 1 is 1.40 bits per heavy atom. The van der Waals surface area contributed by atoms with Crippen LogP contribution in [0.2, 0.25) is 0 Å². The molecule has 6 heteroatoms. The van der Waals surface area contributed by atoms with Crippen LogP contribution in [-0.2, 0) is 6.54 Å². The average molecular weight is 290 g/mol. The second kappa shape index (κ2) is 7.00. The molecule has 0 aliphatic carbocycles. The SMILES string of the molecule is CC[C@H](C)N(Cc1ccccc1)C(=O)Nc1nncs1. The van der Waals surface area contributed by atoms with E-state index in [1.807, 2.05) is 42.2 Å². The van der Waals surface area contributed by atoms with Crippen LogP contribution in [-0.4, -0.2) is 27.2 Å². The average Bonchev–Trinajstić information content (AvgIpc) is 2.98. The van der Waals surface area contributed by atoms with Crippen molar-refractivity contribution in [3.05, 3.63) is 41.4 Å². The highest BCUT2D eigenvalue weighted by Gasteiger charge is 2.20. The van der Waals surface area contributed by atoms with Crippen molar-refractivity contribution in [2.75, 3.05) is 5.32 Å². The molecule has 0 spiro atoms. The van der Waals surface area contributed by atoms with Gasteiger partial charge in [0.25, 0.3) is 0 Å².